The van der Waals surface area contributed by atoms with Crippen LogP contribution in [-0.4, -0.2) is 29.1 Å². The molecule has 0 radical (unpaired) electrons. The number of benzene rings is 1. The van der Waals surface area contributed by atoms with E-state index in [2.05, 4.69) is 15.6 Å². The molecule has 2 N–H and O–H groups in total. The molecule has 27 heavy (non-hydrogen) atoms. The molecule has 0 bridgehead atoms. The van der Waals surface area contributed by atoms with Gasteiger partial charge in [-0.3, -0.25) is 14.4 Å². The van der Waals surface area contributed by atoms with E-state index in [0.717, 1.165) is 16.7 Å². The molecule has 1 aromatic carbocycles. The van der Waals surface area contributed by atoms with Gasteiger partial charge in [-0.15, -0.1) is 0 Å². The van der Waals surface area contributed by atoms with Crippen molar-refractivity contribution in [2.75, 3.05) is 11.9 Å². The van der Waals surface area contributed by atoms with Crippen LogP contribution in [0.2, 0.25) is 0 Å². The molecule has 0 unspecified atom stereocenters. The van der Waals surface area contributed by atoms with Crippen LogP contribution in [0.15, 0.2) is 36.5 Å². The maximum absolute atomic E-state index is 12.2. The quantitative estimate of drug-likeness (QED) is 0.702. The van der Waals surface area contributed by atoms with E-state index >= 15 is 0 Å². The number of aryl methyl sites for hydroxylation is 3. The maximum Gasteiger partial charge on any atom is 0.227 e. The number of nitrogens with one attached hydrogen (secondary N) is 2. The highest BCUT2D eigenvalue weighted by Crippen LogP contribution is 2.12. The van der Waals surface area contributed by atoms with Gasteiger partial charge in [0.05, 0.1) is 0 Å². The van der Waals surface area contributed by atoms with Crippen LogP contribution < -0.4 is 10.6 Å². The van der Waals surface area contributed by atoms with Crippen LogP contribution in [-0.2, 0) is 9.59 Å². The zero-order valence-corrected chi connectivity index (χ0v) is 16.0. The Morgan fingerprint density at radius 1 is 0.889 bits per heavy atom. The molecule has 0 aliphatic carbocycles. The van der Waals surface area contributed by atoms with Gasteiger partial charge >= 0.3 is 0 Å². The van der Waals surface area contributed by atoms with Gasteiger partial charge in [0.25, 0.3) is 0 Å². The molecule has 0 aliphatic heterocycles. The summed E-state index contributed by atoms with van der Waals surface area (Å²) in [7, 11) is 0. The van der Waals surface area contributed by atoms with Gasteiger partial charge in [-0.25, -0.2) is 4.98 Å². The number of anilines is 1. The molecule has 0 fully saturated rings. The molecule has 1 heterocycles. The van der Waals surface area contributed by atoms with Crippen molar-refractivity contribution < 1.29 is 14.4 Å². The Bertz CT molecular complexity index is 829. The second kappa shape index (κ2) is 9.62. The first-order valence-corrected chi connectivity index (χ1v) is 8.95. The van der Waals surface area contributed by atoms with Crippen molar-refractivity contribution >= 4 is 23.4 Å². The molecular weight excluding hydrogens is 342 g/mol. The average molecular weight is 367 g/mol. The van der Waals surface area contributed by atoms with E-state index in [1.54, 1.807) is 18.3 Å². The van der Waals surface area contributed by atoms with Gasteiger partial charge in [-0.2, -0.15) is 0 Å². The number of Topliss-reactive ketones (excluding diaryl/α,β-unsaturated/α-hetero) is 1. The predicted molar refractivity (Wildman–Crippen MR) is 105 cm³/mol. The number of nitrogens with zero attached hydrogens (tertiary/aromatic N) is 1. The molecule has 2 amide bonds. The summed E-state index contributed by atoms with van der Waals surface area (Å²) in [6, 6.07) is 9.12. The molecule has 6 nitrogen and oxygen atoms in total. The molecule has 0 atom stereocenters. The van der Waals surface area contributed by atoms with E-state index in [0.29, 0.717) is 11.4 Å². The van der Waals surface area contributed by atoms with E-state index in [9.17, 15) is 14.4 Å². The van der Waals surface area contributed by atoms with Crippen molar-refractivity contribution in [1.82, 2.24) is 10.3 Å². The number of ketones is 1. The number of amides is 2. The van der Waals surface area contributed by atoms with E-state index in [4.69, 9.17) is 0 Å². The highest BCUT2D eigenvalue weighted by Gasteiger charge is 2.11. The van der Waals surface area contributed by atoms with Crippen molar-refractivity contribution in [3.05, 3.63) is 58.8 Å². The van der Waals surface area contributed by atoms with Crippen LogP contribution in [0.1, 0.15) is 46.3 Å². The molecule has 142 valence electrons. The molecule has 2 aromatic rings. The topological polar surface area (TPSA) is 88.2 Å². The Morgan fingerprint density at radius 2 is 1.67 bits per heavy atom. The first kappa shape index (κ1) is 20.3. The van der Waals surface area contributed by atoms with Crippen LogP contribution in [0.3, 0.4) is 0 Å². The van der Waals surface area contributed by atoms with Crippen molar-refractivity contribution in [3.63, 3.8) is 0 Å². The summed E-state index contributed by atoms with van der Waals surface area (Å²) in [5.74, 6) is -0.0429. The van der Waals surface area contributed by atoms with Gasteiger partial charge in [-0.1, -0.05) is 18.2 Å². The Balaban J connectivity index is 1.68. The van der Waals surface area contributed by atoms with Gasteiger partial charge < -0.3 is 10.6 Å². The summed E-state index contributed by atoms with van der Waals surface area (Å²) in [6.07, 6.45) is 2.07. The monoisotopic (exact) mass is 367 g/mol. The Kier molecular flexibility index (Phi) is 7.23. The number of hydrogen-bond donors (Lipinski definition) is 2. The van der Waals surface area contributed by atoms with Gasteiger partial charge in [0, 0.05) is 37.6 Å². The molecular formula is C21H25N3O3. The standard InChI is InChI=1S/C21H25N3O3/c1-14-4-8-19(23-13-14)24-21(27)10-11-22-20(26)9-7-18(25)17-6-5-15(2)16(3)12-17/h4-6,8,12-13H,7,9-11H2,1-3H3,(H,22,26)(H,23,24,27). The lowest BCUT2D eigenvalue weighted by molar-refractivity contribution is -0.121. The summed E-state index contributed by atoms with van der Waals surface area (Å²) in [5.41, 5.74) is 3.81. The molecule has 0 aliphatic rings. The maximum atomic E-state index is 12.2. The Labute approximate surface area is 159 Å². The average Bonchev–Trinajstić information content (AvgIpc) is 2.64. The number of hydrogen-bond acceptors (Lipinski definition) is 4. The van der Waals surface area contributed by atoms with Crippen LogP contribution in [0.5, 0.6) is 0 Å². The van der Waals surface area contributed by atoms with Gasteiger partial charge in [0.15, 0.2) is 5.78 Å². The lowest BCUT2D eigenvalue weighted by Gasteiger charge is -2.07. The van der Waals surface area contributed by atoms with Crippen LogP contribution in [0.25, 0.3) is 0 Å². The van der Waals surface area contributed by atoms with Crippen molar-refractivity contribution in [2.24, 2.45) is 0 Å². The van der Waals surface area contributed by atoms with Crippen molar-refractivity contribution in [2.45, 2.75) is 40.0 Å². The zero-order valence-electron chi connectivity index (χ0n) is 16.0. The molecule has 0 saturated carbocycles. The van der Waals surface area contributed by atoms with E-state index < -0.39 is 0 Å². The Morgan fingerprint density at radius 3 is 2.33 bits per heavy atom. The normalized spacial score (nSPS) is 10.3. The van der Waals surface area contributed by atoms with Crippen molar-refractivity contribution in [3.8, 4) is 0 Å². The largest absolute Gasteiger partial charge is 0.356 e. The minimum atomic E-state index is -0.242. The fraction of sp³-hybridized carbons (Fsp3) is 0.333. The minimum Gasteiger partial charge on any atom is -0.356 e. The number of aromatic nitrogens is 1. The zero-order chi connectivity index (χ0) is 19.8. The highest BCUT2D eigenvalue weighted by molar-refractivity contribution is 5.98. The third-order valence-corrected chi connectivity index (χ3v) is 4.26. The van der Waals surface area contributed by atoms with Gasteiger partial charge in [-0.05, 0) is 49.6 Å². The smallest absolute Gasteiger partial charge is 0.227 e. The minimum absolute atomic E-state index is 0.0589. The van der Waals surface area contributed by atoms with E-state index in [-0.39, 0.29) is 43.4 Å². The number of pyridine rings is 1. The number of rotatable bonds is 8. The SMILES string of the molecule is Cc1ccc(NC(=O)CCNC(=O)CCC(=O)c2ccc(C)c(C)c2)nc1. The first-order chi connectivity index (χ1) is 12.8. The molecule has 1 aromatic heterocycles. The second-order valence-corrected chi connectivity index (χ2v) is 6.59. The third kappa shape index (κ3) is 6.66. The summed E-state index contributed by atoms with van der Waals surface area (Å²) in [6.45, 7) is 6.07. The van der Waals surface area contributed by atoms with Crippen LogP contribution >= 0.6 is 0 Å². The highest BCUT2D eigenvalue weighted by atomic mass is 16.2. The Hall–Kier alpha value is -3.02. The molecule has 0 saturated heterocycles. The first-order valence-electron chi connectivity index (χ1n) is 8.95. The van der Waals surface area contributed by atoms with Gasteiger partial charge in [0.2, 0.25) is 11.8 Å². The summed E-state index contributed by atoms with van der Waals surface area (Å²) in [4.78, 5) is 40.0. The van der Waals surface area contributed by atoms with E-state index in [1.807, 2.05) is 39.0 Å². The van der Waals surface area contributed by atoms with Crippen molar-refractivity contribution in [1.29, 1.82) is 0 Å². The lowest BCUT2D eigenvalue weighted by atomic mass is 10.0. The second-order valence-electron chi connectivity index (χ2n) is 6.59. The van der Waals surface area contributed by atoms with Crippen LogP contribution in [0.4, 0.5) is 5.82 Å². The van der Waals surface area contributed by atoms with Gasteiger partial charge in [0.1, 0.15) is 5.82 Å². The molecule has 6 heteroatoms. The predicted octanol–water partition coefficient (Wildman–Crippen LogP) is 3.11. The number of carbonyl (C=O) groups is 3. The molecule has 0 spiro atoms. The fourth-order valence-electron chi connectivity index (χ4n) is 2.44. The fourth-order valence-corrected chi connectivity index (χ4v) is 2.44. The number of carbonyl (C=O) groups excluding carboxylic acids is 3. The summed E-state index contributed by atoms with van der Waals surface area (Å²) in [5, 5.41) is 5.33. The third-order valence-electron chi connectivity index (χ3n) is 4.26. The van der Waals surface area contributed by atoms with Crippen LogP contribution in [0, 0.1) is 20.8 Å². The summed E-state index contributed by atoms with van der Waals surface area (Å²) < 4.78 is 0. The lowest BCUT2D eigenvalue weighted by Crippen LogP contribution is -2.28. The summed E-state index contributed by atoms with van der Waals surface area (Å²) >= 11 is 0. The molecule has 2 rings (SSSR count). The van der Waals surface area contributed by atoms with E-state index in [1.165, 1.54) is 0 Å².